The predicted octanol–water partition coefficient (Wildman–Crippen LogP) is 3.39. The first-order valence-corrected chi connectivity index (χ1v) is 11.7. The smallest absolute Gasteiger partial charge is 0.266 e. The highest BCUT2D eigenvalue weighted by Gasteiger charge is 2.21. The molecule has 3 aromatic rings. The molecule has 3 N–H and O–H groups in total. The first-order chi connectivity index (χ1) is 15.8. The molecular formula is C22H23ClN4O5S. The third-order valence-corrected chi connectivity index (χ3v) is 6.12. The molecule has 1 amide bonds. The van der Waals surface area contributed by atoms with Crippen molar-refractivity contribution >= 4 is 39.0 Å². The highest BCUT2D eigenvalue weighted by atomic mass is 35.5. The minimum atomic E-state index is -4.00. The summed E-state index contributed by atoms with van der Waals surface area (Å²) in [7, 11) is -1.05. The number of ether oxygens (including phenoxy) is 2. The molecule has 0 atom stereocenters. The zero-order chi connectivity index (χ0) is 23.8. The number of aromatic nitrogens is 1. The maximum atomic E-state index is 12.7. The number of anilines is 2. The molecule has 3 rings (SSSR count). The molecule has 174 valence electrons. The van der Waals surface area contributed by atoms with Gasteiger partial charge in [-0.2, -0.15) is 0 Å². The van der Waals surface area contributed by atoms with Gasteiger partial charge in [0.05, 0.1) is 25.5 Å². The summed E-state index contributed by atoms with van der Waals surface area (Å²) in [6.07, 6.45) is 1.29. The molecule has 0 aliphatic rings. The summed E-state index contributed by atoms with van der Waals surface area (Å²) in [6, 6.07) is 14.6. The van der Waals surface area contributed by atoms with E-state index in [2.05, 4.69) is 20.3 Å². The van der Waals surface area contributed by atoms with Crippen LogP contribution in [0.25, 0.3) is 0 Å². The van der Waals surface area contributed by atoms with Gasteiger partial charge in [-0.05, 0) is 42.5 Å². The van der Waals surface area contributed by atoms with Gasteiger partial charge < -0.3 is 20.1 Å². The van der Waals surface area contributed by atoms with Crippen molar-refractivity contribution in [1.82, 2.24) is 10.3 Å². The summed E-state index contributed by atoms with van der Waals surface area (Å²) in [5.74, 6) is 0.563. The number of nitrogens with one attached hydrogen (secondary N) is 3. The fourth-order valence-electron chi connectivity index (χ4n) is 2.91. The van der Waals surface area contributed by atoms with Crippen LogP contribution in [0.2, 0.25) is 5.02 Å². The lowest BCUT2D eigenvalue weighted by Gasteiger charge is -2.12. The van der Waals surface area contributed by atoms with E-state index in [9.17, 15) is 13.2 Å². The van der Waals surface area contributed by atoms with E-state index in [4.69, 9.17) is 21.1 Å². The van der Waals surface area contributed by atoms with Crippen molar-refractivity contribution in [2.45, 2.75) is 4.90 Å². The lowest BCUT2D eigenvalue weighted by Crippen LogP contribution is -2.29. The first-order valence-electron chi connectivity index (χ1n) is 9.81. The molecule has 0 unspecified atom stereocenters. The van der Waals surface area contributed by atoms with Crippen molar-refractivity contribution in [3.05, 3.63) is 71.4 Å². The quantitative estimate of drug-likeness (QED) is 0.373. The monoisotopic (exact) mass is 490 g/mol. The Bertz CT molecular complexity index is 1220. The average Bonchev–Trinajstić information content (AvgIpc) is 2.82. The van der Waals surface area contributed by atoms with Crippen LogP contribution < -0.4 is 24.8 Å². The molecule has 0 radical (unpaired) electrons. The molecule has 0 aliphatic heterocycles. The molecule has 0 spiro atoms. The van der Waals surface area contributed by atoms with Gasteiger partial charge in [-0.3, -0.25) is 9.52 Å². The van der Waals surface area contributed by atoms with Crippen LogP contribution in [-0.2, 0) is 10.0 Å². The molecule has 33 heavy (non-hydrogen) atoms. The second kappa shape index (κ2) is 10.9. The Labute approximate surface area is 197 Å². The van der Waals surface area contributed by atoms with E-state index >= 15 is 0 Å². The number of para-hydroxylation sites is 2. The Balaban J connectivity index is 1.57. The highest BCUT2D eigenvalue weighted by molar-refractivity contribution is 7.92. The van der Waals surface area contributed by atoms with Gasteiger partial charge in [0.25, 0.3) is 15.9 Å². The number of halogens is 1. The van der Waals surface area contributed by atoms with E-state index in [1.165, 1.54) is 43.6 Å². The molecule has 0 aliphatic carbocycles. The predicted molar refractivity (Wildman–Crippen MR) is 127 cm³/mol. The van der Waals surface area contributed by atoms with E-state index in [1.54, 1.807) is 7.11 Å². The molecule has 1 aromatic heterocycles. The number of carbonyl (C=O) groups excluding carboxylic acids is 1. The van der Waals surface area contributed by atoms with Gasteiger partial charge in [0, 0.05) is 24.3 Å². The summed E-state index contributed by atoms with van der Waals surface area (Å²) < 4.78 is 38.1. The van der Waals surface area contributed by atoms with Crippen molar-refractivity contribution in [3.8, 4) is 11.5 Å². The summed E-state index contributed by atoms with van der Waals surface area (Å²) in [6.45, 7) is 0.846. The van der Waals surface area contributed by atoms with Gasteiger partial charge >= 0.3 is 0 Å². The molecule has 2 aromatic carbocycles. The van der Waals surface area contributed by atoms with E-state index in [0.717, 1.165) is 5.69 Å². The number of hydrogen-bond donors (Lipinski definition) is 3. The average molecular weight is 491 g/mol. The van der Waals surface area contributed by atoms with Crippen molar-refractivity contribution in [1.29, 1.82) is 0 Å². The summed E-state index contributed by atoms with van der Waals surface area (Å²) in [5, 5.41) is 6.20. The van der Waals surface area contributed by atoms with Gasteiger partial charge in [0.2, 0.25) is 0 Å². The van der Waals surface area contributed by atoms with E-state index in [1.807, 2.05) is 24.3 Å². The van der Waals surface area contributed by atoms with Crippen LogP contribution >= 0.6 is 11.6 Å². The van der Waals surface area contributed by atoms with Crippen molar-refractivity contribution in [2.24, 2.45) is 0 Å². The molecular weight excluding hydrogens is 468 g/mol. The summed E-state index contributed by atoms with van der Waals surface area (Å²) in [5.41, 5.74) is 1.11. The molecule has 9 nitrogen and oxygen atoms in total. The summed E-state index contributed by atoms with van der Waals surface area (Å²) >= 11 is 5.92. The number of carbonyl (C=O) groups is 1. The number of pyridine rings is 1. The largest absolute Gasteiger partial charge is 0.495 e. The standard InChI is InChI=1S/C22H23ClN4O5S/c1-31-18-6-4-3-5-17(18)24-11-12-25-22(28)15-7-10-21(26-14-15)27-33(29,30)20-13-16(23)8-9-19(20)32-2/h3-10,13-14,24H,11-12H2,1-2H3,(H,25,28)(H,26,27). The van der Waals surface area contributed by atoms with Gasteiger partial charge in [-0.1, -0.05) is 23.7 Å². The third-order valence-electron chi connectivity index (χ3n) is 4.51. The zero-order valence-corrected chi connectivity index (χ0v) is 19.5. The van der Waals surface area contributed by atoms with Crippen LogP contribution in [0.15, 0.2) is 65.7 Å². The Kier molecular flexibility index (Phi) is 7.96. The molecule has 0 bridgehead atoms. The van der Waals surface area contributed by atoms with Gasteiger partial charge in [0.1, 0.15) is 22.2 Å². The minimum Gasteiger partial charge on any atom is -0.495 e. The molecule has 0 fully saturated rings. The van der Waals surface area contributed by atoms with Crippen molar-refractivity contribution in [3.63, 3.8) is 0 Å². The number of sulfonamides is 1. The Hall–Kier alpha value is -3.50. The second-order valence-electron chi connectivity index (χ2n) is 6.72. The van der Waals surface area contributed by atoms with Crippen molar-refractivity contribution in [2.75, 3.05) is 37.3 Å². The van der Waals surface area contributed by atoms with Gasteiger partial charge in [0.15, 0.2) is 0 Å². The fraction of sp³-hybridized carbons (Fsp3) is 0.182. The van der Waals surface area contributed by atoms with E-state index in [0.29, 0.717) is 18.8 Å². The number of hydrogen-bond acceptors (Lipinski definition) is 7. The molecule has 1 heterocycles. The van der Waals surface area contributed by atoms with Crippen molar-refractivity contribution < 1.29 is 22.7 Å². The normalized spacial score (nSPS) is 10.9. The number of nitrogens with zero attached hydrogens (tertiary/aromatic N) is 1. The maximum absolute atomic E-state index is 12.7. The topological polar surface area (TPSA) is 119 Å². The van der Waals surface area contributed by atoms with Gasteiger partial charge in [-0.15, -0.1) is 0 Å². The molecule has 11 heteroatoms. The summed E-state index contributed by atoms with van der Waals surface area (Å²) in [4.78, 5) is 16.3. The SMILES string of the molecule is COc1ccccc1NCCNC(=O)c1ccc(NS(=O)(=O)c2cc(Cl)ccc2OC)nc1. The van der Waals surface area contributed by atoms with Crippen LogP contribution in [0.4, 0.5) is 11.5 Å². The van der Waals surface area contributed by atoms with Crippen LogP contribution in [0.5, 0.6) is 11.5 Å². The molecule has 0 saturated carbocycles. The van der Waals surface area contributed by atoms with Crippen LogP contribution in [0.3, 0.4) is 0 Å². The number of benzene rings is 2. The first kappa shape index (κ1) is 24.1. The van der Waals surface area contributed by atoms with Gasteiger partial charge in [-0.25, -0.2) is 13.4 Å². The second-order valence-corrected chi connectivity index (χ2v) is 8.80. The number of amides is 1. The zero-order valence-electron chi connectivity index (χ0n) is 18.0. The maximum Gasteiger partial charge on any atom is 0.266 e. The lowest BCUT2D eigenvalue weighted by molar-refractivity contribution is 0.0955. The number of methoxy groups -OCH3 is 2. The van der Waals surface area contributed by atoms with E-state index < -0.39 is 10.0 Å². The Morgan fingerprint density at radius 1 is 1.00 bits per heavy atom. The van der Waals surface area contributed by atoms with Crippen LogP contribution in [0.1, 0.15) is 10.4 Å². The third kappa shape index (κ3) is 6.27. The van der Waals surface area contributed by atoms with E-state index in [-0.39, 0.29) is 33.0 Å². The fourth-order valence-corrected chi connectivity index (χ4v) is 4.35. The van der Waals surface area contributed by atoms with Crippen LogP contribution in [-0.4, -0.2) is 46.6 Å². The Morgan fingerprint density at radius 3 is 2.45 bits per heavy atom. The highest BCUT2D eigenvalue weighted by Crippen LogP contribution is 2.28. The molecule has 0 saturated heterocycles. The minimum absolute atomic E-state index is 0.0476. The van der Waals surface area contributed by atoms with Crippen LogP contribution in [0, 0.1) is 0 Å². The lowest BCUT2D eigenvalue weighted by atomic mass is 10.2. The Morgan fingerprint density at radius 2 is 1.76 bits per heavy atom. The number of rotatable bonds is 10.